The molecule has 0 aromatic carbocycles. The Morgan fingerprint density at radius 3 is 2.60 bits per heavy atom. The molecule has 1 fully saturated rings. The van der Waals surface area contributed by atoms with Crippen molar-refractivity contribution >= 4 is 0 Å². The third-order valence-corrected chi connectivity index (χ3v) is 4.64. The highest BCUT2D eigenvalue weighted by Gasteiger charge is 2.52. The summed E-state index contributed by atoms with van der Waals surface area (Å²) < 4.78 is 7.36. The largest absolute Gasteiger partial charge is 0.493 e. The quantitative estimate of drug-likeness (QED) is 0.895. The van der Waals surface area contributed by atoms with Gasteiger partial charge in [-0.3, -0.25) is 4.68 Å². The van der Waals surface area contributed by atoms with Gasteiger partial charge in [0.1, 0.15) is 11.3 Å². The van der Waals surface area contributed by atoms with Crippen LogP contribution < -0.4 is 4.74 Å². The van der Waals surface area contributed by atoms with Gasteiger partial charge < -0.3 is 14.7 Å². The fourth-order valence-corrected chi connectivity index (χ4v) is 3.17. The van der Waals surface area contributed by atoms with Crippen LogP contribution in [0.2, 0.25) is 0 Å². The summed E-state index contributed by atoms with van der Waals surface area (Å²) in [5.41, 5.74) is -0.179. The van der Waals surface area contributed by atoms with E-state index >= 15 is 0 Å². The van der Waals surface area contributed by atoms with Gasteiger partial charge in [-0.2, -0.15) is 5.10 Å². The molecule has 1 aliphatic carbocycles. The van der Waals surface area contributed by atoms with Gasteiger partial charge in [0.15, 0.2) is 5.75 Å². The second-order valence-corrected chi connectivity index (χ2v) is 6.69. The van der Waals surface area contributed by atoms with Gasteiger partial charge in [-0.1, -0.05) is 13.8 Å². The number of ether oxygens (including phenoxy) is 1. The van der Waals surface area contributed by atoms with E-state index in [4.69, 9.17) is 4.74 Å². The highest BCUT2D eigenvalue weighted by atomic mass is 16.5. The van der Waals surface area contributed by atoms with Crippen molar-refractivity contribution < 1.29 is 9.84 Å². The first-order valence-electron chi connectivity index (χ1n) is 7.29. The lowest BCUT2D eigenvalue weighted by atomic mass is 9.75. The average molecular weight is 281 g/mol. The second-order valence-electron chi connectivity index (χ2n) is 6.69. The molecular weight excluding hydrogens is 254 g/mol. The Labute approximate surface area is 121 Å². The minimum Gasteiger partial charge on any atom is -0.493 e. The Morgan fingerprint density at radius 1 is 1.40 bits per heavy atom. The van der Waals surface area contributed by atoms with Gasteiger partial charge in [0.2, 0.25) is 0 Å². The van der Waals surface area contributed by atoms with Crippen molar-refractivity contribution in [3.8, 4) is 5.75 Å². The maximum absolute atomic E-state index is 11.3. The number of nitrogens with zero attached hydrogens (tertiary/aromatic N) is 3. The van der Waals surface area contributed by atoms with Crippen molar-refractivity contribution in [2.45, 2.75) is 45.3 Å². The van der Waals surface area contributed by atoms with E-state index in [9.17, 15) is 5.11 Å². The number of aromatic nitrogens is 2. The minimum atomic E-state index is -0.860. The smallest absolute Gasteiger partial charge is 0.162 e. The molecule has 1 atom stereocenters. The molecule has 0 aliphatic heterocycles. The molecule has 1 unspecified atom stereocenters. The molecule has 5 heteroatoms. The predicted octanol–water partition coefficient (Wildman–Crippen LogP) is 1.85. The summed E-state index contributed by atoms with van der Waals surface area (Å²) in [4.78, 5) is 2.11. The second kappa shape index (κ2) is 5.37. The fourth-order valence-electron chi connectivity index (χ4n) is 3.17. The third-order valence-electron chi connectivity index (χ3n) is 4.64. The predicted molar refractivity (Wildman–Crippen MR) is 78.9 cm³/mol. The zero-order chi connectivity index (χ0) is 15.0. The monoisotopic (exact) mass is 281 g/mol. The molecule has 1 N–H and O–H groups in total. The molecule has 1 saturated carbocycles. The zero-order valence-corrected chi connectivity index (χ0v) is 13.3. The molecule has 0 bridgehead atoms. The van der Waals surface area contributed by atoms with Crippen molar-refractivity contribution in [1.82, 2.24) is 14.7 Å². The minimum absolute atomic E-state index is 0.157. The molecule has 1 aliphatic rings. The Bertz CT molecular complexity index is 468. The van der Waals surface area contributed by atoms with Crippen LogP contribution in [-0.2, 0) is 12.1 Å². The van der Waals surface area contributed by atoms with Gasteiger partial charge in [0.25, 0.3) is 0 Å². The lowest BCUT2D eigenvalue weighted by Crippen LogP contribution is -2.40. The van der Waals surface area contributed by atoms with Crippen molar-refractivity contribution in [2.24, 2.45) is 5.41 Å². The molecule has 1 aromatic heterocycles. The molecule has 2 rings (SSSR count). The van der Waals surface area contributed by atoms with Gasteiger partial charge in [0, 0.05) is 6.54 Å². The summed E-state index contributed by atoms with van der Waals surface area (Å²) in [5, 5.41) is 15.7. The van der Waals surface area contributed by atoms with Gasteiger partial charge in [-0.25, -0.2) is 0 Å². The van der Waals surface area contributed by atoms with E-state index in [-0.39, 0.29) is 5.41 Å². The zero-order valence-electron chi connectivity index (χ0n) is 13.3. The van der Waals surface area contributed by atoms with E-state index in [1.165, 1.54) is 0 Å². The van der Waals surface area contributed by atoms with E-state index in [2.05, 4.69) is 23.8 Å². The first-order chi connectivity index (χ1) is 9.32. The summed E-state index contributed by atoms with van der Waals surface area (Å²) in [6.07, 6.45) is 4.54. The maximum Gasteiger partial charge on any atom is 0.162 e. The number of hydrogen-bond donors (Lipinski definition) is 1. The van der Waals surface area contributed by atoms with Gasteiger partial charge in [0.05, 0.1) is 19.9 Å². The number of aliphatic hydroxyl groups is 1. The van der Waals surface area contributed by atoms with Crippen molar-refractivity contribution in [3.05, 3.63) is 11.9 Å². The lowest BCUT2D eigenvalue weighted by Gasteiger charge is -2.37. The van der Waals surface area contributed by atoms with Crippen LogP contribution in [0.25, 0.3) is 0 Å². The van der Waals surface area contributed by atoms with Gasteiger partial charge >= 0.3 is 0 Å². The average Bonchev–Trinajstić information content (AvgIpc) is 2.89. The van der Waals surface area contributed by atoms with E-state index in [0.717, 1.165) is 38.0 Å². The van der Waals surface area contributed by atoms with Crippen LogP contribution in [0.5, 0.6) is 5.75 Å². The summed E-state index contributed by atoms with van der Waals surface area (Å²) in [6, 6.07) is 0. The van der Waals surface area contributed by atoms with Crippen LogP contribution in [0.3, 0.4) is 0 Å². The van der Waals surface area contributed by atoms with Crippen molar-refractivity contribution in [3.63, 3.8) is 0 Å². The van der Waals surface area contributed by atoms with Crippen LogP contribution in [0, 0.1) is 5.41 Å². The van der Waals surface area contributed by atoms with E-state index in [0.29, 0.717) is 5.75 Å². The molecule has 114 valence electrons. The first-order valence-corrected chi connectivity index (χ1v) is 7.29. The van der Waals surface area contributed by atoms with E-state index in [1.807, 2.05) is 18.8 Å². The number of likely N-dealkylation sites (N-methyl/N-ethyl adjacent to an activating group) is 1. The molecule has 0 amide bonds. The summed E-state index contributed by atoms with van der Waals surface area (Å²) in [7, 11) is 5.71. The summed E-state index contributed by atoms with van der Waals surface area (Å²) in [5.74, 6) is 0.696. The van der Waals surface area contributed by atoms with E-state index < -0.39 is 5.60 Å². The van der Waals surface area contributed by atoms with Crippen LogP contribution in [0.1, 0.15) is 38.8 Å². The SMILES string of the molecule is COc1cnn(CCN(C)C)c1C1(O)CCCC1(C)C. The lowest BCUT2D eigenvalue weighted by molar-refractivity contribution is -0.0574. The van der Waals surface area contributed by atoms with Crippen LogP contribution in [-0.4, -0.2) is 47.5 Å². The molecule has 0 spiro atoms. The van der Waals surface area contributed by atoms with Crippen LogP contribution in [0.4, 0.5) is 0 Å². The molecule has 0 saturated heterocycles. The summed E-state index contributed by atoms with van der Waals surface area (Å²) in [6.45, 7) is 5.89. The van der Waals surface area contributed by atoms with Crippen molar-refractivity contribution in [1.29, 1.82) is 0 Å². The van der Waals surface area contributed by atoms with Gasteiger partial charge in [-0.05, 0) is 38.8 Å². The maximum atomic E-state index is 11.3. The highest BCUT2D eigenvalue weighted by Crippen LogP contribution is 2.54. The molecule has 20 heavy (non-hydrogen) atoms. The van der Waals surface area contributed by atoms with E-state index in [1.54, 1.807) is 13.3 Å². The van der Waals surface area contributed by atoms with Gasteiger partial charge in [-0.15, -0.1) is 0 Å². The Balaban J connectivity index is 2.41. The Hall–Kier alpha value is -1.07. The van der Waals surface area contributed by atoms with Crippen molar-refractivity contribution in [2.75, 3.05) is 27.7 Å². The molecule has 5 nitrogen and oxygen atoms in total. The third kappa shape index (κ3) is 2.44. The number of rotatable bonds is 5. The standard InChI is InChI=1S/C15H27N3O2/c1-14(2)7-6-8-15(14,19)13-12(20-5)11-16-18(13)10-9-17(3)4/h11,19H,6-10H2,1-5H3. The molecular formula is C15H27N3O2. The Kier molecular flexibility index (Phi) is 4.12. The first kappa shape index (κ1) is 15.3. The summed E-state index contributed by atoms with van der Waals surface area (Å²) >= 11 is 0. The fraction of sp³-hybridized carbons (Fsp3) is 0.800. The molecule has 0 radical (unpaired) electrons. The number of methoxy groups -OCH3 is 1. The normalized spacial score (nSPS) is 25.4. The Morgan fingerprint density at radius 2 is 2.10 bits per heavy atom. The van der Waals surface area contributed by atoms with Crippen LogP contribution >= 0.6 is 0 Å². The highest BCUT2D eigenvalue weighted by molar-refractivity contribution is 5.33. The molecule has 1 aromatic rings. The topological polar surface area (TPSA) is 50.5 Å². The molecule has 1 heterocycles. The van der Waals surface area contributed by atoms with Crippen LogP contribution in [0.15, 0.2) is 6.20 Å². The number of hydrogen-bond acceptors (Lipinski definition) is 4.